The number of nitrogens with one attached hydrogen (secondary N) is 2. The summed E-state index contributed by atoms with van der Waals surface area (Å²) in [6.45, 7) is 6.34. The van der Waals surface area contributed by atoms with Crippen LogP contribution in [0.15, 0.2) is 0 Å². The molecule has 0 saturated carbocycles. The summed E-state index contributed by atoms with van der Waals surface area (Å²) in [6.07, 6.45) is -3.47. The predicted octanol–water partition coefficient (Wildman–Crippen LogP) is -0.284. The number of hydrogen-bond donors (Lipinski definition) is 4. The van der Waals surface area contributed by atoms with Gasteiger partial charge in [-0.2, -0.15) is 8.42 Å². The van der Waals surface area contributed by atoms with Gasteiger partial charge in [0.1, 0.15) is 24.4 Å². The molecule has 5 atom stereocenters. The molecule has 0 aromatic carbocycles. The molecule has 0 aromatic heterocycles. The van der Waals surface area contributed by atoms with Crippen molar-refractivity contribution in [3.63, 3.8) is 0 Å². The highest BCUT2D eigenvalue weighted by Crippen LogP contribution is 2.39. The van der Waals surface area contributed by atoms with E-state index in [0.717, 1.165) is 0 Å². The van der Waals surface area contributed by atoms with Crippen LogP contribution in [-0.2, 0) is 33.5 Å². The van der Waals surface area contributed by atoms with E-state index < -0.39 is 65.2 Å². The van der Waals surface area contributed by atoms with Gasteiger partial charge in [-0.3, -0.25) is 8.98 Å². The van der Waals surface area contributed by atoms with Gasteiger partial charge in [0.15, 0.2) is 5.79 Å². The number of carbonyl (C=O) groups excluding carboxylic acids is 1. The normalized spacial score (nSPS) is 28.9. The van der Waals surface area contributed by atoms with E-state index in [1.165, 1.54) is 0 Å². The molecule has 2 saturated heterocycles. The summed E-state index contributed by atoms with van der Waals surface area (Å²) in [7, 11) is -4.53. The third-order valence-electron chi connectivity index (χ3n) is 4.59. The van der Waals surface area contributed by atoms with Gasteiger partial charge in [0.2, 0.25) is 0 Å². The summed E-state index contributed by atoms with van der Waals surface area (Å²) in [5, 5.41) is 20.0. The zero-order valence-corrected chi connectivity index (χ0v) is 18.2. The van der Waals surface area contributed by atoms with Gasteiger partial charge >= 0.3 is 16.4 Å². The molecule has 2 amide bonds. The van der Waals surface area contributed by atoms with Crippen molar-refractivity contribution in [2.45, 2.75) is 76.8 Å². The Bertz CT molecular complexity index is 726. The number of carbonyl (C=O) groups is 2. The number of carboxylic acid groups (broad SMARTS) is 1. The molecule has 5 unspecified atom stereocenters. The minimum Gasteiger partial charge on any atom is -0.465 e. The first kappa shape index (κ1) is 24.8. The molecule has 0 spiro atoms. The molecular weight excluding hydrogens is 424 g/mol. The topological polar surface area (TPSA) is 170 Å². The second-order valence-corrected chi connectivity index (χ2v) is 9.47. The average molecular weight is 454 g/mol. The van der Waals surface area contributed by atoms with Crippen molar-refractivity contribution in [1.82, 2.24) is 10.0 Å². The Kier molecular flexibility index (Phi) is 8.04. The molecule has 12 nitrogen and oxygen atoms in total. The van der Waals surface area contributed by atoms with E-state index in [9.17, 15) is 23.1 Å². The van der Waals surface area contributed by atoms with Crippen LogP contribution in [0.4, 0.5) is 4.79 Å². The zero-order valence-electron chi connectivity index (χ0n) is 17.4. The van der Waals surface area contributed by atoms with Crippen LogP contribution in [0.2, 0.25) is 0 Å². The molecule has 174 valence electrons. The Morgan fingerprint density at radius 2 is 1.77 bits per heavy atom. The maximum atomic E-state index is 12.2. The van der Waals surface area contributed by atoms with E-state index in [0.29, 0.717) is 0 Å². The van der Waals surface area contributed by atoms with Crippen LogP contribution in [0.25, 0.3) is 0 Å². The molecule has 2 fully saturated rings. The van der Waals surface area contributed by atoms with Gasteiger partial charge in [0.25, 0.3) is 5.91 Å². The van der Waals surface area contributed by atoms with Crippen LogP contribution < -0.4 is 10.0 Å². The highest BCUT2D eigenvalue weighted by molar-refractivity contribution is 7.85. The molecule has 0 aromatic rings. The molecule has 0 aliphatic carbocycles. The summed E-state index contributed by atoms with van der Waals surface area (Å²) < 4.78 is 48.3. The second kappa shape index (κ2) is 9.75. The summed E-state index contributed by atoms with van der Waals surface area (Å²) in [4.78, 5) is 23.1. The second-order valence-electron chi connectivity index (χ2n) is 8.13. The molecule has 0 radical (unpaired) electrons. The van der Waals surface area contributed by atoms with Gasteiger partial charge in [-0.1, -0.05) is 13.8 Å². The molecule has 0 bridgehead atoms. The first-order valence-electron chi connectivity index (χ1n) is 9.66. The molecule has 2 rings (SSSR count). The van der Waals surface area contributed by atoms with E-state index in [1.54, 1.807) is 32.4 Å². The highest BCUT2D eigenvalue weighted by Gasteiger charge is 2.55. The zero-order chi connectivity index (χ0) is 22.7. The van der Waals surface area contributed by atoms with Crippen molar-refractivity contribution in [3.05, 3.63) is 0 Å². The first-order chi connectivity index (χ1) is 13.8. The van der Waals surface area contributed by atoms with Gasteiger partial charge in [0.05, 0.1) is 12.7 Å². The lowest BCUT2D eigenvalue weighted by Crippen LogP contribution is -2.49. The van der Waals surface area contributed by atoms with E-state index in [1.807, 2.05) is 5.32 Å². The predicted molar refractivity (Wildman–Crippen MR) is 102 cm³/mol. The number of ether oxygens (including phenoxy) is 3. The van der Waals surface area contributed by atoms with E-state index >= 15 is 0 Å². The van der Waals surface area contributed by atoms with Gasteiger partial charge < -0.3 is 29.7 Å². The first-order valence-corrected chi connectivity index (χ1v) is 11.1. The van der Waals surface area contributed by atoms with E-state index in [4.69, 9.17) is 23.5 Å². The summed E-state index contributed by atoms with van der Waals surface area (Å²) >= 11 is 0. The monoisotopic (exact) mass is 454 g/mol. The largest absolute Gasteiger partial charge is 0.465 e. The number of aliphatic hydroxyl groups is 1. The molecule has 2 aliphatic heterocycles. The maximum absolute atomic E-state index is 12.2. The molecular formula is C17H30N2O10S. The van der Waals surface area contributed by atoms with E-state index in [2.05, 4.69) is 0 Å². The maximum Gasteiger partial charge on any atom is 0.405 e. The van der Waals surface area contributed by atoms with Crippen molar-refractivity contribution >= 4 is 22.3 Å². The summed E-state index contributed by atoms with van der Waals surface area (Å²) in [6, 6.07) is -1.26. The number of amides is 2. The SMILES string of the molecule is CC(C)CC(NC(=O)O)C(=O)NS(=O)(=O)OCC1OC(CCO)C2OC(C)(C)OC12. The lowest BCUT2D eigenvalue weighted by Gasteiger charge is -2.24. The Morgan fingerprint density at radius 3 is 2.30 bits per heavy atom. The fourth-order valence-electron chi connectivity index (χ4n) is 3.50. The molecule has 2 heterocycles. The van der Waals surface area contributed by atoms with Crippen LogP contribution >= 0.6 is 0 Å². The van der Waals surface area contributed by atoms with Gasteiger partial charge in [-0.15, -0.1) is 0 Å². The minimum atomic E-state index is -4.53. The molecule has 2 aliphatic rings. The van der Waals surface area contributed by atoms with Crippen molar-refractivity contribution < 1.29 is 46.6 Å². The number of fused-ring (bicyclic) bond motifs is 1. The quantitative estimate of drug-likeness (QED) is 0.344. The van der Waals surface area contributed by atoms with Crippen LogP contribution in [0.1, 0.15) is 40.5 Å². The lowest BCUT2D eigenvalue weighted by atomic mass is 10.0. The molecule has 13 heteroatoms. The fourth-order valence-corrected chi connectivity index (χ4v) is 4.26. The average Bonchev–Trinajstić information content (AvgIpc) is 3.05. The smallest absolute Gasteiger partial charge is 0.405 e. The van der Waals surface area contributed by atoms with Crippen molar-refractivity contribution in [1.29, 1.82) is 0 Å². The molecule has 4 N–H and O–H groups in total. The van der Waals surface area contributed by atoms with Crippen molar-refractivity contribution in [3.8, 4) is 0 Å². The Balaban J connectivity index is 1.98. The van der Waals surface area contributed by atoms with Crippen LogP contribution in [0.3, 0.4) is 0 Å². The Labute approximate surface area is 175 Å². The third kappa shape index (κ3) is 6.75. The van der Waals surface area contributed by atoms with Crippen molar-refractivity contribution in [2.24, 2.45) is 5.92 Å². The summed E-state index contributed by atoms with van der Waals surface area (Å²) in [5.41, 5.74) is 0. The third-order valence-corrected chi connectivity index (χ3v) is 5.49. The Hall–Kier alpha value is -1.51. The van der Waals surface area contributed by atoms with Crippen LogP contribution in [0.5, 0.6) is 0 Å². The number of rotatable bonds is 10. The summed E-state index contributed by atoms with van der Waals surface area (Å²) in [5.74, 6) is -2.01. The van der Waals surface area contributed by atoms with Crippen LogP contribution in [0, 0.1) is 5.92 Å². The van der Waals surface area contributed by atoms with Gasteiger partial charge in [-0.05, 0) is 32.6 Å². The standard InChI is InChI=1S/C17H30N2O10S/c1-9(2)7-10(18-16(22)23)15(21)19-30(24,25)26-8-12-14-13(11(27-12)5-6-20)28-17(3,4)29-14/h9-14,18,20H,5-8H2,1-4H3,(H,19,21)(H,22,23). The lowest BCUT2D eigenvalue weighted by molar-refractivity contribution is -0.190. The molecule has 30 heavy (non-hydrogen) atoms. The Morgan fingerprint density at radius 1 is 1.17 bits per heavy atom. The minimum absolute atomic E-state index is 0.0635. The van der Waals surface area contributed by atoms with Crippen molar-refractivity contribution in [2.75, 3.05) is 13.2 Å². The van der Waals surface area contributed by atoms with Gasteiger partial charge in [0, 0.05) is 6.61 Å². The fraction of sp³-hybridized carbons (Fsp3) is 0.882. The van der Waals surface area contributed by atoms with E-state index in [-0.39, 0.29) is 25.4 Å². The number of aliphatic hydroxyl groups excluding tert-OH is 1. The highest BCUT2D eigenvalue weighted by atomic mass is 32.2. The van der Waals surface area contributed by atoms with Crippen LogP contribution in [-0.4, -0.2) is 80.1 Å². The van der Waals surface area contributed by atoms with Gasteiger partial charge in [-0.25, -0.2) is 9.52 Å². The number of hydrogen-bond acceptors (Lipinski definition) is 9.